The number of nitrogens with one attached hydrogen (secondary N) is 2. The fourth-order valence-electron chi connectivity index (χ4n) is 3.49. The summed E-state index contributed by atoms with van der Waals surface area (Å²) in [6, 6.07) is 7.22. The van der Waals surface area contributed by atoms with Gasteiger partial charge in [-0.1, -0.05) is 29.8 Å². The summed E-state index contributed by atoms with van der Waals surface area (Å²) < 4.78 is 5.07. The van der Waals surface area contributed by atoms with Gasteiger partial charge in [-0.25, -0.2) is 4.79 Å². The van der Waals surface area contributed by atoms with Crippen molar-refractivity contribution in [2.45, 2.75) is 18.5 Å². The van der Waals surface area contributed by atoms with Gasteiger partial charge in [0.1, 0.15) is 0 Å². The molecule has 2 heterocycles. The third-order valence-corrected chi connectivity index (χ3v) is 4.90. The van der Waals surface area contributed by atoms with Crippen LogP contribution < -0.4 is 10.6 Å². The van der Waals surface area contributed by atoms with E-state index in [4.69, 9.17) is 16.3 Å². The summed E-state index contributed by atoms with van der Waals surface area (Å²) >= 11 is 6.33. The Kier molecular flexibility index (Phi) is 4.84. The Hall–Kier alpha value is -1.63. The number of fused-ring (bicyclic) bond motifs is 1. The highest BCUT2D eigenvalue weighted by Gasteiger charge is 2.47. The van der Waals surface area contributed by atoms with Crippen LogP contribution >= 0.6 is 11.6 Å². The molecule has 1 aromatic rings. The molecular weight excluding hydrogens is 318 g/mol. The van der Waals surface area contributed by atoms with Gasteiger partial charge in [-0.3, -0.25) is 15.4 Å². The molecule has 2 aliphatic rings. The van der Waals surface area contributed by atoms with E-state index in [1.54, 1.807) is 12.0 Å². The van der Waals surface area contributed by atoms with E-state index in [1.165, 1.54) is 0 Å². The number of carbonyl (C=O) groups excluding carboxylic acids is 2. The van der Waals surface area contributed by atoms with Crippen LogP contribution in [0.3, 0.4) is 0 Å². The molecule has 2 saturated heterocycles. The molecule has 3 atom stereocenters. The van der Waals surface area contributed by atoms with E-state index in [1.807, 2.05) is 24.3 Å². The lowest BCUT2D eigenvalue weighted by Crippen LogP contribution is -2.68. The first-order valence-corrected chi connectivity index (χ1v) is 8.09. The van der Waals surface area contributed by atoms with Gasteiger partial charge in [-0.2, -0.15) is 0 Å². The SMILES string of the molecule is COCCN1C(=O)NC(=O)C2C(c3ccccc3Cl)CCNC21. The zero-order chi connectivity index (χ0) is 16.4. The first-order chi connectivity index (χ1) is 11.1. The monoisotopic (exact) mass is 337 g/mol. The lowest BCUT2D eigenvalue weighted by atomic mass is 9.77. The Morgan fingerprint density at radius 3 is 2.87 bits per heavy atom. The van der Waals surface area contributed by atoms with Gasteiger partial charge in [0.25, 0.3) is 0 Å². The predicted octanol–water partition coefficient (Wildman–Crippen LogP) is 1.56. The second kappa shape index (κ2) is 6.86. The lowest BCUT2D eigenvalue weighted by molar-refractivity contribution is -0.131. The van der Waals surface area contributed by atoms with Gasteiger partial charge in [-0.05, 0) is 24.6 Å². The summed E-state index contributed by atoms with van der Waals surface area (Å²) in [4.78, 5) is 26.3. The maximum absolute atomic E-state index is 12.5. The van der Waals surface area contributed by atoms with Crippen LogP contribution in [0.15, 0.2) is 24.3 Å². The molecule has 6 nitrogen and oxygen atoms in total. The minimum Gasteiger partial charge on any atom is -0.383 e. The van der Waals surface area contributed by atoms with Gasteiger partial charge in [0, 0.05) is 24.6 Å². The summed E-state index contributed by atoms with van der Waals surface area (Å²) in [6.45, 7) is 1.57. The molecule has 23 heavy (non-hydrogen) atoms. The number of nitrogens with zero attached hydrogens (tertiary/aromatic N) is 1. The van der Waals surface area contributed by atoms with Crippen LogP contribution in [0.25, 0.3) is 0 Å². The molecule has 2 aliphatic heterocycles. The zero-order valence-electron chi connectivity index (χ0n) is 12.9. The number of benzene rings is 1. The van der Waals surface area contributed by atoms with Gasteiger partial charge >= 0.3 is 6.03 Å². The smallest absolute Gasteiger partial charge is 0.325 e. The highest BCUT2D eigenvalue weighted by atomic mass is 35.5. The van der Waals surface area contributed by atoms with Crippen molar-refractivity contribution in [2.24, 2.45) is 5.92 Å². The Labute approximate surface area is 140 Å². The van der Waals surface area contributed by atoms with E-state index in [2.05, 4.69) is 10.6 Å². The lowest BCUT2D eigenvalue weighted by Gasteiger charge is -2.46. The first-order valence-electron chi connectivity index (χ1n) is 7.71. The number of piperidine rings is 1. The van der Waals surface area contributed by atoms with Gasteiger partial charge in [0.15, 0.2) is 0 Å². The van der Waals surface area contributed by atoms with Crippen molar-refractivity contribution in [1.82, 2.24) is 15.5 Å². The van der Waals surface area contributed by atoms with Crippen LogP contribution in [0, 0.1) is 5.92 Å². The number of carbonyl (C=O) groups is 2. The van der Waals surface area contributed by atoms with E-state index in [9.17, 15) is 9.59 Å². The van der Waals surface area contributed by atoms with Crippen LogP contribution in [0.2, 0.25) is 5.02 Å². The minimum absolute atomic E-state index is 0.0203. The molecule has 0 spiro atoms. The summed E-state index contributed by atoms with van der Waals surface area (Å²) in [5.41, 5.74) is 0.960. The third kappa shape index (κ3) is 3.06. The summed E-state index contributed by atoms with van der Waals surface area (Å²) in [6.07, 6.45) is 0.464. The topological polar surface area (TPSA) is 70.7 Å². The molecule has 0 aliphatic carbocycles. The van der Waals surface area contributed by atoms with Crippen molar-refractivity contribution in [2.75, 3.05) is 26.8 Å². The van der Waals surface area contributed by atoms with Crippen molar-refractivity contribution in [3.63, 3.8) is 0 Å². The molecule has 0 saturated carbocycles. The number of hydrogen-bond acceptors (Lipinski definition) is 4. The molecular formula is C16H20ClN3O3. The van der Waals surface area contributed by atoms with Crippen molar-refractivity contribution >= 4 is 23.5 Å². The Morgan fingerprint density at radius 2 is 2.13 bits per heavy atom. The molecule has 3 amide bonds. The Morgan fingerprint density at radius 1 is 1.35 bits per heavy atom. The molecule has 7 heteroatoms. The quantitative estimate of drug-likeness (QED) is 0.874. The highest BCUT2D eigenvalue weighted by Crippen LogP contribution is 2.39. The Balaban J connectivity index is 1.91. The fourth-order valence-corrected chi connectivity index (χ4v) is 3.76. The molecule has 1 aromatic carbocycles. The Bertz CT molecular complexity index is 610. The van der Waals surface area contributed by atoms with Crippen LogP contribution in [0.4, 0.5) is 4.79 Å². The van der Waals surface area contributed by atoms with E-state index >= 15 is 0 Å². The summed E-state index contributed by atoms with van der Waals surface area (Å²) in [5, 5.41) is 6.43. The number of imide groups is 1. The molecule has 0 aromatic heterocycles. The predicted molar refractivity (Wildman–Crippen MR) is 86.2 cm³/mol. The van der Waals surface area contributed by atoms with E-state index in [0.717, 1.165) is 18.5 Å². The second-order valence-corrected chi connectivity index (χ2v) is 6.23. The molecule has 124 valence electrons. The third-order valence-electron chi connectivity index (χ3n) is 4.55. The number of rotatable bonds is 4. The van der Waals surface area contributed by atoms with Crippen molar-refractivity contribution in [3.05, 3.63) is 34.9 Å². The molecule has 0 bridgehead atoms. The molecule has 2 fully saturated rings. The molecule has 0 radical (unpaired) electrons. The molecule has 3 rings (SSSR count). The minimum atomic E-state index is -0.374. The van der Waals surface area contributed by atoms with Gasteiger partial charge < -0.3 is 9.64 Å². The molecule has 2 N–H and O–H groups in total. The number of methoxy groups -OCH3 is 1. The summed E-state index contributed by atoms with van der Waals surface area (Å²) in [5.74, 6) is -0.628. The number of hydrogen-bond donors (Lipinski definition) is 2. The van der Waals surface area contributed by atoms with Gasteiger partial charge in [0.05, 0.1) is 18.7 Å². The zero-order valence-corrected chi connectivity index (χ0v) is 13.7. The average molecular weight is 338 g/mol. The van der Waals surface area contributed by atoms with Crippen LogP contribution in [-0.4, -0.2) is 49.8 Å². The van der Waals surface area contributed by atoms with Crippen molar-refractivity contribution < 1.29 is 14.3 Å². The first kappa shape index (κ1) is 16.2. The number of halogens is 1. The van der Waals surface area contributed by atoms with Crippen LogP contribution in [-0.2, 0) is 9.53 Å². The average Bonchev–Trinajstić information content (AvgIpc) is 2.54. The highest BCUT2D eigenvalue weighted by molar-refractivity contribution is 6.31. The number of ether oxygens (including phenoxy) is 1. The normalized spacial score (nSPS) is 27.6. The van der Waals surface area contributed by atoms with Crippen molar-refractivity contribution in [1.29, 1.82) is 0 Å². The van der Waals surface area contributed by atoms with E-state index in [0.29, 0.717) is 18.2 Å². The maximum Gasteiger partial charge on any atom is 0.325 e. The molecule has 3 unspecified atom stereocenters. The van der Waals surface area contributed by atoms with Crippen molar-refractivity contribution in [3.8, 4) is 0 Å². The fraction of sp³-hybridized carbons (Fsp3) is 0.500. The number of urea groups is 1. The largest absolute Gasteiger partial charge is 0.383 e. The van der Waals surface area contributed by atoms with Gasteiger partial charge in [0.2, 0.25) is 5.91 Å². The second-order valence-electron chi connectivity index (χ2n) is 5.82. The van der Waals surface area contributed by atoms with Crippen LogP contribution in [0.5, 0.6) is 0 Å². The maximum atomic E-state index is 12.5. The van der Waals surface area contributed by atoms with Gasteiger partial charge in [-0.15, -0.1) is 0 Å². The van der Waals surface area contributed by atoms with Crippen LogP contribution in [0.1, 0.15) is 17.9 Å². The standard InChI is InChI=1S/C16H20ClN3O3/c1-23-9-8-20-14-13(15(21)19-16(20)22)11(6-7-18-14)10-4-2-3-5-12(10)17/h2-5,11,13-14,18H,6-9H2,1H3,(H,19,21,22). The number of amides is 3. The summed E-state index contributed by atoms with van der Waals surface area (Å²) in [7, 11) is 1.59. The van der Waals surface area contributed by atoms with E-state index < -0.39 is 0 Å². The van der Waals surface area contributed by atoms with E-state index in [-0.39, 0.29) is 29.9 Å².